The second kappa shape index (κ2) is 8.83. The van der Waals surface area contributed by atoms with E-state index >= 15 is 0 Å². The fraction of sp³-hybridized carbons (Fsp3) is 0.381. The van der Waals surface area contributed by atoms with Gasteiger partial charge in [-0.2, -0.15) is 23.1 Å². The minimum Gasteiger partial charge on any atom is -0.360 e. The Bertz CT molecular complexity index is 1040. The molecule has 4 N–H and O–H groups in total. The van der Waals surface area contributed by atoms with E-state index < -0.39 is 12.7 Å². The fourth-order valence-electron chi connectivity index (χ4n) is 3.67. The van der Waals surface area contributed by atoms with E-state index in [1.807, 2.05) is 0 Å². The minimum absolute atomic E-state index is 0.0783. The molecular formula is C21H23F3N6O. The maximum Gasteiger partial charge on any atom is 0.405 e. The summed E-state index contributed by atoms with van der Waals surface area (Å²) in [4.78, 5) is 23.8. The Hall–Kier alpha value is -3.30. The molecule has 2 heterocycles. The molecule has 0 bridgehead atoms. The van der Waals surface area contributed by atoms with Crippen molar-refractivity contribution in [1.82, 2.24) is 20.3 Å². The molecule has 0 aliphatic heterocycles. The number of halogens is 3. The zero-order valence-corrected chi connectivity index (χ0v) is 16.7. The SMILES string of the molecule is O=C(NC1CCCCC1)c1ccc(Nc2nc(NCC(F)(F)F)c3cc[nH]c3n2)cc1. The lowest BCUT2D eigenvalue weighted by Crippen LogP contribution is -2.36. The van der Waals surface area contributed by atoms with E-state index in [9.17, 15) is 18.0 Å². The van der Waals surface area contributed by atoms with E-state index in [1.165, 1.54) is 6.42 Å². The largest absolute Gasteiger partial charge is 0.405 e. The van der Waals surface area contributed by atoms with Gasteiger partial charge in [0.25, 0.3) is 5.91 Å². The molecule has 0 radical (unpaired) electrons. The van der Waals surface area contributed by atoms with Crippen LogP contribution in [0.3, 0.4) is 0 Å². The van der Waals surface area contributed by atoms with E-state index in [2.05, 4.69) is 30.9 Å². The molecular weight excluding hydrogens is 409 g/mol. The van der Waals surface area contributed by atoms with Gasteiger partial charge in [-0.05, 0) is 43.2 Å². The number of nitrogens with one attached hydrogen (secondary N) is 4. The van der Waals surface area contributed by atoms with Crippen LogP contribution in [-0.4, -0.2) is 39.6 Å². The van der Waals surface area contributed by atoms with Crippen LogP contribution in [-0.2, 0) is 0 Å². The van der Waals surface area contributed by atoms with Crippen LogP contribution in [0.15, 0.2) is 36.5 Å². The number of H-pyrrole nitrogens is 1. The van der Waals surface area contributed by atoms with Crippen molar-refractivity contribution in [2.75, 3.05) is 17.2 Å². The number of benzene rings is 1. The predicted molar refractivity (Wildman–Crippen MR) is 112 cm³/mol. The average molecular weight is 432 g/mol. The normalized spacial score (nSPS) is 15.1. The van der Waals surface area contributed by atoms with Gasteiger partial charge >= 0.3 is 6.18 Å². The van der Waals surface area contributed by atoms with Crippen molar-refractivity contribution in [3.05, 3.63) is 42.1 Å². The van der Waals surface area contributed by atoms with E-state index in [-0.39, 0.29) is 23.7 Å². The number of amides is 1. The van der Waals surface area contributed by atoms with Crippen molar-refractivity contribution in [2.24, 2.45) is 0 Å². The van der Waals surface area contributed by atoms with Gasteiger partial charge in [0, 0.05) is 23.5 Å². The van der Waals surface area contributed by atoms with Gasteiger partial charge in [-0.1, -0.05) is 19.3 Å². The molecule has 4 rings (SSSR count). The number of carbonyl (C=O) groups excluding carboxylic acids is 1. The molecule has 1 fully saturated rings. The highest BCUT2D eigenvalue weighted by molar-refractivity contribution is 5.94. The topological polar surface area (TPSA) is 94.7 Å². The number of nitrogens with zero attached hydrogens (tertiary/aromatic N) is 2. The second-order valence-electron chi connectivity index (χ2n) is 7.62. The molecule has 3 aromatic rings. The predicted octanol–water partition coefficient (Wildman–Crippen LogP) is 4.74. The van der Waals surface area contributed by atoms with Crippen LogP contribution in [0.4, 0.5) is 30.6 Å². The highest BCUT2D eigenvalue weighted by atomic mass is 19.4. The van der Waals surface area contributed by atoms with E-state index in [0.29, 0.717) is 22.3 Å². The van der Waals surface area contributed by atoms with Crippen molar-refractivity contribution >= 4 is 34.4 Å². The molecule has 1 aromatic carbocycles. The summed E-state index contributed by atoms with van der Waals surface area (Å²) < 4.78 is 37.8. The summed E-state index contributed by atoms with van der Waals surface area (Å²) in [5.41, 5.74) is 1.57. The maximum atomic E-state index is 12.6. The Balaban J connectivity index is 1.45. The van der Waals surface area contributed by atoms with Crippen LogP contribution < -0.4 is 16.0 Å². The van der Waals surface area contributed by atoms with Gasteiger partial charge in [0.05, 0.1) is 5.39 Å². The first kappa shape index (κ1) is 21.0. The number of hydrogen-bond acceptors (Lipinski definition) is 5. The number of carbonyl (C=O) groups is 1. The first-order valence-electron chi connectivity index (χ1n) is 10.2. The summed E-state index contributed by atoms with van der Waals surface area (Å²) in [5.74, 6) is 0.106. The van der Waals surface area contributed by atoms with Gasteiger partial charge in [-0.25, -0.2) is 0 Å². The van der Waals surface area contributed by atoms with E-state index in [4.69, 9.17) is 0 Å². The minimum atomic E-state index is -4.37. The number of rotatable bonds is 6. The number of alkyl halides is 3. The third kappa shape index (κ3) is 5.44. The standard InChI is InChI=1S/C21H23F3N6O/c22-21(23,24)12-26-18-16-10-11-25-17(16)29-20(30-18)28-15-8-6-13(7-9-15)19(31)27-14-4-2-1-3-5-14/h6-11,14H,1-5,12H2,(H,27,31)(H3,25,26,28,29,30). The molecule has 2 aromatic heterocycles. The van der Waals surface area contributed by atoms with Gasteiger partial charge in [0.1, 0.15) is 18.0 Å². The van der Waals surface area contributed by atoms with Crippen molar-refractivity contribution in [3.63, 3.8) is 0 Å². The Morgan fingerprint density at radius 3 is 2.52 bits per heavy atom. The van der Waals surface area contributed by atoms with Gasteiger partial charge in [-0.15, -0.1) is 0 Å². The Kier molecular flexibility index (Phi) is 5.97. The smallest absolute Gasteiger partial charge is 0.360 e. The van der Waals surface area contributed by atoms with Crippen LogP contribution in [0.25, 0.3) is 11.0 Å². The zero-order chi connectivity index (χ0) is 21.8. The first-order chi connectivity index (χ1) is 14.9. The lowest BCUT2D eigenvalue weighted by atomic mass is 9.95. The quantitative estimate of drug-likeness (QED) is 0.451. The van der Waals surface area contributed by atoms with Gasteiger partial charge in [0.2, 0.25) is 5.95 Å². The third-order valence-electron chi connectivity index (χ3n) is 5.22. The third-order valence-corrected chi connectivity index (χ3v) is 5.22. The summed E-state index contributed by atoms with van der Waals surface area (Å²) in [6, 6.07) is 8.63. The molecule has 1 aliphatic carbocycles. The number of anilines is 3. The van der Waals surface area contributed by atoms with Gasteiger partial charge in [-0.3, -0.25) is 4.79 Å². The van der Waals surface area contributed by atoms with Crippen molar-refractivity contribution < 1.29 is 18.0 Å². The molecule has 0 spiro atoms. The van der Waals surface area contributed by atoms with Crippen molar-refractivity contribution in [2.45, 2.75) is 44.3 Å². The monoisotopic (exact) mass is 432 g/mol. The fourth-order valence-corrected chi connectivity index (χ4v) is 3.67. The van der Waals surface area contributed by atoms with Crippen LogP contribution in [0.1, 0.15) is 42.5 Å². The highest BCUT2D eigenvalue weighted by Gasteiger charge is 2.27. The molecule has 0 unspecified atom stereocenters. The molecule has 7 nitrogen and oxygen atoms in total. The average Bonchev–Trinajstić information content (AvgIpc) is 3.21. The zero-order valence-electron chi connectivity index (χ0n) is 16.7. The number of aromatic nitrogens is 3. The molecule has 31 heavy (non-hydrogen) atoms. The Labute approximate surface area is 176 Å². The summed E-state index contributed by atoms with van der Waals surface area (Å²) in [6.07, 6.45) is 2.73. The number of fused-ring (bicyclic) bond motifs is 1. The van der Waals surface area contributed by atoms with Crippen LogP contribution in [0.2, 0.25) is 0 Å². The number of aromatic amines is 1. The molecule has 1 saturated carbocycles. The second-order valence-corrected chi connectivity index (χ2v) is 7.62. The van der Waals surface area contributed by atoms with Crippen molar-refractivity contribution in [3.8, 4) is 0 Å². The summed E-state index contributed by atoms with van der Waals surface area (Å²) in [6.45, 7) is -1.20. The van der Waals surface area contributed by atoms with Crippen LogP contribution in [0.5, 0.6) is 0 Å². The first-order valence-corrected chi connectivity index (χ1v) is 10.2. The lowest BCUT2D eigenvalue weighted by molar-refractivity contribution is -0.115. The highest BCUT2D eigenvalue weighted by Crippen LogP contribution is 2.25. The van der Waals surface area contributed by atoms with E-state index in [1.54, 1.807) is 36.5 Å². The van der Waals surface area contributed by atoms with Gasteiger partial charge in [0.15, 0.2) is 0 Å². The number of hydrogen-bond donors (Lipinski definition) is 4. The maximum absolute atomic E-state index is 12.6. The summed E-state index contributed by atoms with van der Waals surface area (Å²) >= 11 is 0. The van der Waals surface area contributed by atoms with Crippen LogP contribution >= 0.6 is 0 Å². The molecule has 1 aliphatic rings. The van der Waals surface area contributed by atoms with E-state index in [0.717, 1.165) is 25.7 Å². The van der Waals surface area contributed by atoms with Crippen molar-refractivity contribution in [1.29, 1.82) is 0 Å². The summed E-state index contributed by atoms with van der Waals surface area (Å²) in [7, 11) is 0. The van der Waals surface area contributed by atoms with Gasteiger partial charge < -0.3 is 20.9 Å². The molecule has 164 valence electrons. The molecule has 10 heteroatoms. The summed E-state index contributed by atoms with van der Waals surface area (Å²) in [5, 5.41) is 8.82. The Morgan fingerprint density at radius 1 is 1.06 bits per heavy atom. The molecule has 1 amide bonds. The molecule has 0 atom stereocenters. The Morgan fingerprint density at radius 2 is 1.81 bits per heavy atom. The lowest BCUT2D eigenvalue weighted by Gasteiger charge is -2.22. The van der Waals surface area contributed by atoms with Crippen LogP contribution in [0, 0.1) is 0 Å². The molecule has 0 saturated heterocycles.